The largest absolute Gasteiger partial charge is 0.391 e. The molecule has 1 aromatic carbocycles. The third-order valence-electron chi connectivity index (χ3n) is 4.73. The summed E-state index contributed by atoms with van der Waals surface area (Å²) in [4.78, 5) is 2.39. The van der Waals surface area contributed by atoms with Gasteiger partial charge in [-0.1, -0.05) is 37.1 Å². The molecule has 0 aromatic heterocycles. The summed E-state index contributed by atoms with van der Waals surface area (Å²) in [5.41, 5.74) is 3.04. The highest BCUT2D eigenvalue weighted by Gasteiger charge is 2.31. The Bertz CT molecular complexity index is 417. The van der Waals surface area contributed by atoms with Crippen molar-refractivity contribution < 1.29 is 5.11 Å². The smallest absolute Gasteiger partial charge is 0.0695 e. The molecule has 0 aliphatic heterocycles. The Morgan fingerprint density at radius 3 is 2.78 bits per heavy atom. The van der Waals surface area contributed by atoms with Crippen LogP contribution in [-0.4, -0.2) is 35.7 Å². The summed E-state index contributed by atoms with van der Waals surface area (Å²) in [6.07, 6.45) is 5.70. The Kier molecular flexibility index (Phi) is 3.40. The second-order valence-electron chi connectivity index (χ2n) is 5.96. The van der Waals surface area contributed by atoms with E-state index >= 15 is 0 Å². The van der Waals surface area contributed by atoms with Crippen LogP contribution in [0.15, 0.2) is 24.3 Å². The SMILES string of the molecule is CN(CC1Cc2ccccc21)C1CCCCC1O. The highest BCUT2D eigenvalue weighted by molar-refractivity contribution is 5.40. The van der Waals surface area contributed by atoms with Gasteiger partial charge in [-0.2, -0.15) is 0 Å². The lowest BCUT2D eigenvalue weighted by molar-refractivity contribution is 0.0287. The minimum absolute atomic E-state index is 0.112. The topological polar surface area (TPSA) is 23.5 Å². The predicted octanol–water partition coefficient (Wildman–Crippen LogP) is 2.56. The van der Waals surface area contributed by atoms with Gasteiger partial charge in [0.1, 0.15) is 0 Å². The molecule has 1 saturated carbocycles. The first-order valence-electron chi connectivity index (χ1n) is 7.22. The minimum atomic E-state index is -0.112. The van der Waals surface area contributed by atoms with E-state index in [2.05, 4.69) is 36.2 Å². The van der Waals surface area contributed by atoms with Crippen molar-refractivity contribution in [1.82, 2.24) is 4.90 Å². The van der Waals surface area contributed by atoms with E-state index in [1.165, 1.54) is 30.4 Å². The van der Waals surface area contributed by atoms with Crippen molar-refractivity contribution in [2.75, 3.05) is 13.6 Å². The number of aliphatic hydroxyl groups is 1. The van der Waals surface area contributed by atoms with Crippen LogP contribution in [0.2, 0.25) is 0 Å². The van der Waals surface area contributed by atoms with Gasteiger partial charge in [0, 0.05) is 18.5 Å². The average Bonchev–Trinajstić information content (AvgIpc) is 2.36. The van der Waals surface area contributed by atoms with Crippen molar-refractivity contribution in [2.45, 2.75) is 50.2 Å². The molecule has 3 rings (SSSR count). The van der Waals surface area contributed by atoms with Crippen LogP contribution < -0.4 is 0 Å². The Hall–Kier alpha value is -0.860. The number of likely N-dealkylation sites (N-methyl/N-ethyl adjacent to an activating group) is 1. The molecule has 1 fully saturated rings. The standard InChI is InChI=1S/C16H23NO/c1-17(15-8-4-5-9-16(15)18)11-13-10-12-6-2-3-7-14(12)13/h2-3,6-7,13,15-16,18H,4-5,8-11H2,1H3. The molecule has 3 atom stereocenters. The van der Waals surface area contributed by atoms with Gasteiger partial charge in [-0.25, -0.2) is 0 Å². The number of fused-ring (bicyclic) bond motifs is 1. The van der Waals surface area contributed by atoms with Gasteiger partial charge in [0.2, 0.25) is 0 Å². The van der Waals surface area contributed by atoms with Crippen molar-refractivity contribution in [3.05, 3.63) is 35.4 Å². The van der Waals surface area contributed by atoms with Crippen LogP contribution in [0, 0.1) is 0 Å². The highest BCUT2D eigenvalue weighted by Crippen LogP contribution is 2.36. The highest BCUT2D eigenvalue weighted by atomic mass is 16.3. The number of hydrogen-bond acceptors (Lipinski definition) is 2. The predicted molar refractivity (Wildman–Crippen MR) is 73.8 cm³/mol. The molecule has 0 radical (unpaired) electrons. The van der Waals surface area contributed by atoms with Crippen LogP contribution >= 0.6 is 0 Å². The molecule has 2 nitrogen and oxygen atoms in total. The molecular weight excluding hydrogens is 222 g/mol. The van der Waals surface area contributed by atoms with E-state index in [1.807, 2.05) is 0 Å². The lowest BCUT2D eigenvalue weighted by Gasteiger charge is -2.40. The third-order valence-corrected chi connectivity index (χ3v) is 4.73. The molecule has 98 valence electrons. The molecule has 0 bridgehead atoms. The van der Waals surface area contributed by atoms with Crippen molar-refractivity contribution in [2.24, 2.45) is 0 Å². The maximum absolute atomic E-state index is 10.1. The first-order chi connectivity index (χ1) is 8.75. The molecule has 1 N–H and O–H groups in total. The van der Waals surface area contributed by atoms with Crippen molar-refractivity contribution in [3.8, 4) is 0 Å². The summed E-state index contributed by atoms with van der Waals surface area (Å²) in [5.74, 6) is 0.681. The fraction of sp³-hybridized carbons (Fsp3) is 0.625. The number of hydrogen-bond donors (Lipinski definition) is 1. The van der Waals surface area contributed by atoms with Gasteiger partial charge < -0.3 is 10.0 Å². The zero-order valence-corrected chi connectivity index (χ0v) is 11.2. The number of nitrogens with zero attached hydrogens (tertiary/aromatic N) is 1. The lowest BCUT2D eigenvalue weighted by Crippen LogP contribution is -2.46. The summed E-state index contributed by atoms with van der Waals surface area (Å²) in [6.45, 7) is 1.10. The molecule has 1 aromatic rings. The van der Waals surface area contributed by atoms with Crippen molar-refractivity contribution >= 4 is 0 Å². The van der Waals surface area contributed by atoms with E-state index in [1.54, 1.807) is 0 Å². The second-order valence-corrected chi connectivity index (χ2v) is 5.96. The van der Waals surface area contributed by atoms with Crippen LogP contribution in [0.25, 0.3) is 0 Å². The summed E-state index contributed by atoms with van der Waals surface area (Å²) in [6, 6.07) is 9.14. The van der Waals surface area contributed by atoms with E-state index in [9.17, 15) is 5.11 Å². The van der Waals surface area contributed by atoms with E-state index in [-0.39, 0.29) is 6.10 Å². The normalized spacial score (nSPS) is 30.9. The van der Waals surface area contributed by atoms with Crippen LogP contribution in [0.1, 0.15) is 42.7 Å². The van der Waals surface area contributed by atoms with Gasteiger partial charge in [0.05, 0.1) is 6.10 Å². The zero-order chi connectivity index (χ0) is 12.5. The summed E-state index contributed by atoms with van der Waals surface area (Å²) < 4.78 is 0. The van der Waals surface area contributed by atoms with Crippen LogP contribution in [0.4, 0.5) is 0 Å². The molecule has 0 amide bonds. The van der Waals surface area contributed by atoms with Gasteiger partial charge in [-0.05, 0) is 37.4 Å². The molecule has 18 heavy (non-hydrogen) atoms. The maximum atomic E-state index is 10.1. The summed E-state index contributed by atoms with van der Waals surface area (Å²) in [5, 5.41) is 10.1. The Balaban J connectivity index is 1.61. The van der Waals surface area contributed by atoms with E-state index < -0.39 is 0 Å². The molecule has 0 heterocycles. The van der Waals surface area contributed by atoms with Gasteiger partial charge in [0.25, 0.3) is 0 Å². The quantitative estimate of drug-likeness (QED) is 0.884. The minimum Gasteiger partial charge on any atom is -0.391 e. The first kappa shape index (κ1) is 12.2. The van der Waals surface area contributed by atoms with Gasteiger partial charge in [-0.15, -0.1) is 0 Å². The van der Waals surface area contributed by atoms with Gasteiger partial charge in [0.15, 0.2) is 0 Å². The number of benzene rings is 1. The second kappa shape index (κ2) is 5.02. The fourth-order valence-electron chi connectivity index (χ4n) is 3.61. The Labute approximate surface area is 110 Å². The molecule has 2 aliphatic carbocycles. The van der Waals surface area contributed by atoms with E-state index in [0.717, 1.165) is 19.4 Å². The molecular formula is C16H23NO. The van der Waals surface area contributed by atoms with Gasteiger partial charge in [-0.3, -0.25) is 0 Å². The molecule has 3 unspecified atom stereocenters. The average molecular weight is 245 g/mol. The maximum Gasteiger partial charge on any atom is 0.0695 e. The molecule has 0 saturated heterocycles. The third kappa shape index (κ3) is 2.19. The molecule has 2 aliphatic rings. The molecule has 0 spiro atoms. The zero-order valence-electron chi connectivity index (χ0n) is 11.2. The van der Waals surface area contributed by atoms with Crippen LogP contribution in [0.3, 0.4) is 0 Å². The van der Waals surface area contributed by atoms with Gasteiger partial charge >= 0.3 is 0 Å². The first-order valence-corrected chi connectivity index (χ1v) is 7.22. The van der Waals surface area contributed by atoms with E-state index in [0.29, 0.717) is 12.0 Å². The summed E-state index contributed by atoms with van der Waals surface area (Å²) in [7, 11) is 2.18. The Morgan fingerprint density at radius 1 is 1.22 bits per heavy atom. The monoisotopic (exact) mass is 245 g/mol. The van der Waals surface area contributed by atoms with Crippen molar-refractivity contribution in [3.63, 3.8) is 0 Å². The lowest BCUT2D eigenvalue weighted by atomic mass is 9.77. The molecule has 2 heteroatoms. The fourth-order valence-corrected chi connectivity index (χ4v) is 3.61. The number of rotatable bonds is 3. The number of aliphatic hydroxyl groups excluding tert-OH is 1. The van der Waals surface area contributed by atoms with E-state index in [4.69, 9.17) is 0 Å². The van der Waals surface area contributed by atoms with Crippen LogP contribution in [0.5, 0.6) is 0 Å². The Morgan fingerprint density at radius 2 is 2.00 bits per heavy atom. The van der Waals surface area contributed by atoms with Crippen molar-refractivity contribution in [1.29, 1.82) is 0 Å². The van der Waals surface area contributed by atoms with Crippen LogP contribution in [-0.2, 0) is 6.42 Å². The summed E-state index contributed by atoms with van der Waals surface area (Å²) >= 11 is 0.